The molecule has 0 bridgehead atoms. The van der Waals surface area contributed by atoms with Crippen molar-refractivity contribution in [3.05, 3.63) is 47.8 Å². The van der Waals surface area contributed by atoms with E-state index in [-0.39, 0.29) is 6.10 Å². The fourth-order valence-electron chi connectivity index (χ4n) is 2.74. The maximum Gasteiger partial charge on any atom is 0.139 e. The van der Waals surface area contributed by atoms with Gasteiger partial charge in [-0.3, -0.25) is 4.98 Å². The normalized spacial score (nSPS) is 21.8. The van der Waals surface area contributed by atoms with Crippen LogP contribution in [0.25, 0.3) is 0 Å². The van der Waals surface area contributed by atoms with E-state index in [0.717, 1.165) is 37.6 Å². The summed E-state index contributed by atoms with van der Waals surface area (Å²) in [6.45, 7) is 6.63. The molecule has 2 aromatic rings. The Balaban J connectivity index is 1.66. The Morgan fingerprint density at radius 1 is 1.38 bits per heavy atom. The van der Waals surface area contributed by atoms with Crippen LogP contribution in [0.5, 0.6) is 0 Å². The molecule has 2 atom stereocenters. The molecule has 5 nitrogen and oxygen atoms in total. The maximum atomic E-state index is 5.89. The standard InChI is InChI=1S/C16H22N4O/c1-3-20-8-7-17-16(20)15-14(6-9-21-15)19-11-13-5-4-12(2)10-18-13/h4-5,7-8,10,14-15,19H,3,6,9,11H2,1-2H3/t14-,15-/m0/s1. The lowest BCUT2D eigenvalue weighted by Gasteiger charge is -2.20. The van der Waals surface area contributed by atoms with E-state index in [0.29, 0.717) is 6.04 Å². The molecule has 0 aromatic carbocycles. The third-order valence-corrected chi connectivity index (χ3v) is 3.95. The average Bonchev–Trinajstić information content (AvgIpc) is 3.14. The highest BCUT2D eigenvalue weighted by molar-refractivity contribution is 5.12. The van der Waals surface area contributed by atoms with Gasteiger partial charge in [0, 0.05) is 44.3 Å². The lowest BCUT2D eigenvalue weighted by Crippen LogP contribution is -2.32. The number of ether oxygens (including phenoxy) is 1. The molecule has 1 N–H and O–H groups in total. The van der Waals surface area contributed by atoms with E-state index in [9.17, 15) is 0 Å². The first-order valence-corrected chi connectivity index (χ1v) is 7.55. The number of nitrogens with zero attached hydrogens (tertiary/aromatic N) is 3. The number of rotatable bonds is 5. The first-order valence-electron chi connectivity index (χ1n) is 7.55. The Kier molecular flexibility index (Phi) is 4.31. The lowest BCUT2D eigenvalue weighted by atomic mass is 10.1. The smallest absolute Gasteiger partial charge is 0.139 e. The van der Waals surface area contributed by atoms with Gasteiger partial charge in [-0.25, -0.2) is 4.98 Å². The molecule has 0 saturated carbocycles. The van der Waals surface area contributed by atoms with Gasteiger partial charge in [-0.15, -0.1) is 0 Å². The molecule has 1 aliphatic rings. The molecule has 1 aliphatic heterocycles. The van der Waals surface area contributed by atoms with E-state index in [4.69, 9.17) is 4.74 Å². The Bertz CT molecular complexity index is 578. The molecule has 5 heteroatoms. The van der Waals surface area contributed by atoms with Crippen LogP contribution in [0.15, 0.2) is 30.7 Å². The van der Waals surface area contributed by atoms with Crippen LogP contribution in [0, 0.1) is 6.92 Å². The molecule has 112 valence electrons. The minimum absolute atomic E-state index is 0.0328. The number of imidazole rings is 1. The summed E-state index contributed by atoms with van der Waals surface area (Å²) in [4.78, 5) is 8.90. The predicted octanol–water partition coefficient (Wildman–Crippen LogP) is 2.23. The molecule has 0 spiro atoms. The van der Waals surface area contributed by atoms with Crippen molar-refractivity contribution in [1.29, 1.82) is 0 Å². The van der Waals surface area contributed by atoms with Gasteiger partial charge < -0.3 is 14.6 Å². The van der Waals surface area contributed by atoms with Gasteiger partial charge in [0.05, 0.1) is 5.69 Å². The van der Waals surface area contributed by atoms with Crippen LogP contribution in [-0.2, 0) is 17.8 Å². The van der Waals surface area contributed by atoms with Crippen LogP contribution in [0.4, 0.5) is 0 Å². The van der Waals surface area contributed by atoms with E-state index in [1.807, 2.05) is 18.6 Å². The molecule has 2 aromatic heterocycles. The molecule has 21 heavy (non-hydrogen) atoms. The minimum Gasteiger partial charge on any atom is -0.369 e. The van der Waals surface area contributed by atoms with Crippen molar-refractivity contribution < 1.29 is 4.74 Å². The highest BCUT2D eigenvalue weighted by Gasteiger charge is 2.32. The second-order valence-electron chi connectivity index (χ2n) is 5.47. The Morgan fingerprint density at radius 2 is 2.29 bits per heavy atom. The number of aromatic nitrogens is 3. The van der Waals surface area contributed by atoms with Crippen LogP contribution in [0.1, 0.15) is 36.5 Å². The zero-order valence-electron chi connectivity index (χ0n) is 12.6. The summed E-state index contributed by atoms with van der Waals surface area (Å²) in [6, 6.07) is 4.46. The first-order chi connectivity index (χ1) is 10.3. The summed E-state index contributed by atoms with van der Waals surface area (Å²) in [5.74, 6) is 1.02. The summed E-state index contributed by atoms with van der Waals surface area (Å²) in [6.07, 6.45) is 6.80. The first kappa shape index (κ1) is 14.2. The SMILES string of the molecule is CCn1ccnc1[C@H]1OCC[C@@H]1NCc1ccc(C)cn1. The molecule has 0 amide bonds. The molecular formula is C16H22N4O. The largest absolute Gasteiger partial charge is 0.369 e. The number of hydrogen-bond acceptors (Lipinski definition) is 4. The van der Waals surface area contributed by atoms with Gasteiger partial charge in [-0.1, -0.05) is 6.07 Å². The van der Waals surface area contributed by atoms with Crippen molar-refractivity contribution in [2.45, 2.75) is 45.5 Å². The summed E-state index contributed by atoms with van der Waals surface area (Å²) in [7, 11) is 0. The van der Waals surface area contributed by atoms with E-state index >= 15 is 0 Å². The van der Waals surface area contributed by atoms with Gasteiger partial charge in [0.25, 0.3) is 0 Å². The lowest BCUT2D eigenvalue weighted by molar-refractivity contribution is 0.0885. The summed E-state index contributed by atoms with van der Waals surface area (Å²) < 4.78 is 8.04. The van der Waals surface area contributed by atoms with Crippen molar-refractivity contribution in [2.24, 2.45) is 0 Å². The van der Waals surface area contributed by atoms with Crippen molar-refractivity contribution in [3.8, 4) is 0 Å². The minimum atomic E-state index is 0.0328. The summed E-state index contributed by atoms with van der Waals surface area (Å²) >= 11 is 0. The van der Waals surface area contributed by atoms with Crippen LogP contribution < -0.4 is 5.32 Å². The van der Waals surface area contributed by atoms with Crippen LogP contribution in [-0.4, -0.2) is 27.2 Å². The van der Waals surface area contributed by atoms with Gasteiger partial charge in [-0.05, 0) is 31.9 Å². The second-order valence-corrected chi connectivity index (χ2v) is 5.47. The third-order valence-electron chi connectivity index (χ3n) is 3.95. The Hall–Kier alpha value is -1.72. The molecule has 0 radical (unpaired) electrons. The van der Waals surface area contributed by atoms with Crippen LogP contribution in [0.2, 0.25) is 0 Å². The molecule has 3 rings (SSSR count). The topological polar surface area (TPSA) is 52.0 Å². The van der Waals surface area contributed by atoms with Gasteiger partial charge in [0.2, 0.25) is 0 Å². The fraction of sp³-hybridized carbons (Fsp3) is 0.500. The van der Waals surface area contributed by atoms with Crippen molar-refractivity contribution >= 4 is 0 Å². The molecule has 1 saturated heterocycles. The quantitative estimate of drug-likeness (QED) is 0.915. The maximum absolute atomic E-state index is 5.89. The van der Waals surface area contributed by atoms with Crippen molar-refractivity contribution in [3.63, 3.8) is 0 Å². The van der Waals surface area contributed by atoms with E-state index < -0.39 is 0 Å². The molecule has 0 aliphatic carbocycles. The fourth-order valence-corrected chi connectivity index (χ4v) is 2.74. The molecule has 3 heterocycles. The highest BCUT2D eigenvalue weighted by Crippen LogP contribution is 2.28. The zero-order chi connectivity index (χ0) is 14.7. The van der Waals surface area contributed by atoms with E-state index in [2.05, 4.69) is 45.8 Å². The van der Waals surface area contributed by atoms with E-state index in [1.165, 1.54) is 5.56 Å². The van der Waals surface area contributed by atoms with Crippen LogP contribution in [0.3, 0.4) is 0 Å². The van der Waals surface area contributed by atoms with Crippen LogP contribution >= 0.6 is 0 Å². The number of pyridine rings is 1. The predicted molar refractivity (Wildman–Crippen MR) is 80.8 cm³/mol. The van der Waals surface area contributed by atoms with Gasteiger partial charge in [0.1, 0.15) is 11.9 Å². The number of aryl methyl sites for hydroxylation is 2. The monoisotopic (exact) mass is 286 g/mol. The summed E-state index contributed by atoms with van der Waals surface area (Å²) in [5.41, 5.74) is 2.25. The van der Waals surface area contributed by atoms with Crippen molar-refractivity contribution in [1.82, 2.24) is 19.9 Å². The van der Waals surface area contributed by atoms with Gasteiger partial charge in [-0.2, -0.15) is 0 Å². The summed E-state index contributed by atoms with van der Waals surface area (Å²) in [5, 5.41) is 3.57. The zero-order valence-corrected chi connectivity index (χ0v) is 12.6. The number of hydrogen-bond donors (Lipinski definition) is 1. The van der Waals surface area contributed by atoms with Gasteiger partial charge >= 0.3 is 0 Å². The van der Waals surface area contributed by atoms with Gasteiger partial charge in [0.15, 0.2) is 0 Å². The Labute approximate surface area is 125 Å². The van der Waals surface area contributed by atoms with E-state index in [1.54, 1.807) is 0 Å². The average molecular weight is 286 g/mol. The molecular weight excluding hydrogens is 264 g/mol. The highest BCUT2D eigenvalue weighted by atomic mass is 16.5. The Morgan fingerprint density at radius 3 is 3.05 bits per heavy atom. The number of nitrogens with one attached hydrogen (secondary N) is 1. The third kappa shape index (κ3) is 3.14. The van der Waals surface area contributed by atoms with Crippen molar-refractivity contribution in [2.75, 3.05) is 6.61 Å². The molecule has 0 unspecified atom stereocenters. The molecule has 1 fully saturated rings. The second kappa shape index (κ2) is 6.37.